The van der Waals surface area contributed by atoms with Crippen LogP contribution in [0.3, 0.4) is 0 Å². The number of allylic oxidation sites excluding steroid dienone is 5. The Bertz CT molecular complexity index is 466. The van der Waals surface area contributed by atoms with E-state index >= 15 is 0 Å². The largest absolute Gasteiger partial charge is 0.389 e. The summed E-state index contributed by atoms with van der Waals surface area (Å²) < 4.78 is 0. The molecule has 0 bridgehead atoms. The molecule has 0 radical (unpaired) electrons. The second kappa shape index (κ2) is 9.12. The van der Waals surface area contributed by atoms with Gasteiger partial charge in [-0.2, -0.15) is 0 Å². The summed E-state index contributed by atoms with van der Waals surface area (Å²) in [5, 5.41) is 20.7. The number of hydrogen-bond acceptors (Lipinski definition) is 2. The van der Waals surface area contributed by atoms with Gasteiger partial charge in [0, 0.05) is 6.42 Å². The van der Waals surface area contributed by atoms with Crippen LogP contribution in [0.2, 0.25) is 0 Å². The number of rotatable bonds is 1. The first-order valence-corrected chi connectivity index (χ1v) is 8.38. The third-order valence-corrected chi connectivity index (χ3v) is 4.38. The van der Waals surface area contributed by atoms with Gasteiger partial charge in [-0.05, 0) is 56.6 Å². The van der Waals surface area contributed by atoms with Gasteiger partial charge in [-0.1, -0.05) is 49.8 Å². The molecule has 1 rings (SSSR count). The lowest BCUT2D eigenvalue weighted by atomic mass is 9.90. The molecule has 0 aromatic carbocycles. The van der Waals surface area contributed by atoms with Gasteiger partial charge in [-0.15, -0.1) is 0 Å². The van der Waals surface area contributed by atoms with E-state index in [-0.39, 0.29) is 5.92 Å². The molecule has 124 valence electrons. The van der Waals surface area contributed by atoms with E-state index in [1.807, 2.05) is 6.08 Å². The second-order valence-electron chi connectivity index (χ2n) is 6.86. The lowest BCUT2D eigenvalue weighted by Crippen LogP contribution is -2.20. The summed E-state index contributed by atoms with van der Waals surface area (Å²) in [5.74, 6) is 0.277. The Kier molecular flexibility index (Phi) is 7.84. The quantitative estimate of drug-likeness (QED) is 0.689. The van der Waals surface area contributed by atoms with Crippen molar-refractivity contribution in [2.45, 2.75) is 72.0 Å². The van der Waals surface area contributed by atoms with Gasteiger partial charge >= 0.3 is 0 Å². The fraction of sp³-hybridized carbons (Fsp3) is 0.600. The summed E-state index contributed by atoms with van der Waals surface area (Å²) in [4.78, 5) is 0. The van der Waals surface area contributed by atoms with Gasteiger partial charge in [0.15, 0.2) is 0 Å². The first kappa shape index (κ1) is 18.9. The minimum Gasteiger partial charge on any atom is -0.389 e. The van der Waals surface area contributed by atoms with E-state index in [0.717, 1.165) is 30.4 Å². The predicted octanol–water partition coefficient (Wildman–Crippen LogP) is 4.70. The van der Waals surface area contributed by atoms with Gasteiger partial charge < -0.3 is 10.2 Å². The Morgan fingerprint density at radius 3 is 2.36 bits per heavy atom. The zero-order valence-electron chi connectivity index (χ0n) is 14.6. The van der Waals surface area contributed by atoms with E-state index in [2.05, 4.69) is 46.4 Å². The van der Waals surface area contributed by atoms with Crippen LogP contribution in [-0.4, -0.2) is 22.4 Å². The van der Waals surface area contributed by atoms with E-state index in [0.29, 0.717) is 12.8 Å². The average molecular weight is 304 g/mol. The van der Waals surface area contributed by atoms with E-state index in [1.165, 1.54) is 11.1 Å². The molecular weight excluding hydrogens is 272 g/mol. The summed E-state index contributed by atoms with van der Waals surface area (Å²) in [6, 6.07) is 0. The number of aliphatic hydroxyl groups excluding tert-OH is 2. The van der Waals surface area contributed by atoms with Gasteiger partial charge in [0.1, 0.15) is 0 Å². The molecule has 0 saturated carbocycles. The summed E-state index contributed by atoms with van der Waals surface area (Å²) in [7, 11) is 0. The van der Waals surface area contributed by atoms with Crippen LogP contribution in [0.1, 0.15) is 59.8 Å². The van der Waals surface area contributed by atoms with Crippen molar-refractivity contribution in [2.24, 2.45) is 5.92 Å². The van der Waals surface area contributed by atoms with Crippen molar-refractivity contribution in [3.63, 3.8) is 0 Å². The van der Waals surface area contributed by atoms with Crippen LogP contribution in [0.5, 0.6) is 0 Å². The van der Waals surface area contributed by atoms with E-state index in [9.17, 15) is 10.2 Å². The Hall–Kier alpha value is -1.12. The van der Waals surface area contributed by atoms with Crippen molar-refractivity contribution < 1.29 is 10.2 Å². The molecule has 0 saturated heterocycles. The van der Waals surface area contributed by atoms with Crippen molar-refractivity contribution >= 4 is 0 Å². The molecule has 0 fully saturated rings. The molecular formula is C20H32O2. The SMILES string of the molecule is C=C1CC(O)C(C(C)C)=CC=C(C)CCC=C(C)CCC1O. The van der Waals surface area contributed by atoms with Crippen molar-refractivity contribution in [3.8, 4) is 0 Å². The molecule has 0 aliphatic heterocycles. The fourth-order valence-corrected chi connectivity index (χ4v) is 2.73. The maximum absolute atomic E-state index is 10.5. The van der Waals surface area contributed by atoms with Gasteiger partial charge in [-0.25, -0.2) is 0 Å². The molecule has 2 N–H and O–H groups in total. The van der Waals surface area contributed by atoms with Crippen molar-refractivity contribution in [1.29, 1.82) is 0 Å². The molecule has 2 atom stereocenters. The maximum Gasteiger partial charge on any atom is 0.0793 e. The van der Waals surface area contributed by atoms with E-state index < -0.39 is 12.2 Å². The molecule has 0 spiro atoms. The standard InChI is InChI=1S/C20H32O2/c1-14(2)18-11-9-15(3)7-6-8-16(4)10-12-19(21)17(5)13-20(18)22/h8-9,11,14,19-22H,5-7,10,12-13H2,1-4H3. The highest BCUT2D eigenvalue weighted by Gasteiger charge is 2.18. The van der Waals surface area contributed by atoms with Crippen molar-refractivity contribution in [3.05, 3.63) is 47.1 Å². The number of aliphatic hydroxyl groups is 2. The number of hydrogen-bond donors (Lipinski definition) is 2. The van der Waals surface area contributed by atoms with Crippen molar-refractivity contribution in [1.82, 2.24) is 0 Å². The molecule has 0 aromatic rings. The zero-order chi connectivity index (χ0) is 16.7. The molecule has 0 amide bonds. The van der Waals surface area contributed by atoms with Gasteiger partial charge in [0.25, 0.3) is 0 Å². The Morgan fingerprint density at radius 1 is 1.05 bits per heavy atom. The summed E-state index contributed by atoms with van der Waals surface area (Å²) >= 11 is 0. The lowest BCUT2D eigenvalue weighted by molar-refractivity contribution is 0.163. The molecule has 1 aliphatic rings. The van der Waals surface area contributed by atoms with Crippen LogP contribution in [-0.2, 0) is 0 Å². The lowest BCUT2D eigenvalue weighted by Gasteiger charge is -2.22. The first-order chi connectivity index (χ1) is 10.3. The highest BCUT2D eigenvalue weighted by molar-refractivity contribution is 5.23. The fourth-order valence-electron chi connectivity index (χ4n) is 2.73. The van der Waals surface area contributed by atoms with Crippen molar-refractivity contribution in [2.75, 3.05) is 0 Å². The maximum atomic E-state index is 10.5. The molecule has 22 heavy (non-hydrogen) atoms. The third kappa shape index (κ3) is 6.33. The van der Waals surface area contributed by atoms with E-state index in [1.54, 1.807) is 0 Å². The summed E-state index contributed by atoms with van der Waals surface area (Å²) in [6.45, 7) is 12.4. The summed E-state index contributed by atoms with van der Waals surface area (Å²) in [5.41, 5.74) is 4.38. The van der Waals surface area contributed by atoms with Crippen LogP contribution in [0.4, 0.5) is 0 Å². The summed E-state index contributed by atoms with van der Waals surface area (Å²) in [6.07, 6.45) is 9.39. The van der Waals surface area contributed by atoms with Crippen LogP contribution in [0.15, 0.2) is 47.1 Å². The van der Waals surface area contributed by atoms with Crippen LogP contribution >= 0.6 is 0 Å². The molecule has 0 aromatic heterocycles. The molecule has 2 heteroatoms. The first-order valence-electron chi connectivity index (χ1n) is 8.38. The Labute approximate surface area is 135 Å². The predicted molar refractivity (Wildman–Crippen MR) is 94.7 cm³/mol. The molecule has 2 nitrogen and oxygen atoms in total. The second-order valence-corrected chi connectivity index (χ2v) is 6.86. The van der Waals surface area contributed by atoms with Gasteiger partial charge in [0.2, 0.25) is 0 Å². The highest BCUT2D eigenvalue weighted by Crippen LogP contribution is 2.24. The van der Waals surface area contributed by atoms with Gasteiger partial charge in [-0.3, -0.25) is 0 Å². The molecule has 2 unspecified atom stereocenters. The molecule has 1 aliphatic carbocycles. The molecule has 0 heterocycles. The third-order valence-electron chi connectivity index (χ3n) is 4.38. The van der Waals surface area contributed by atoms with Crippen LogP contribution < -0.4 is 0 Å². The highest BCUT2D eigenvalue weighted by atomic mass is 16.3. The minimum absolute atomic E-state index is 0.277. The average Bonchev–Trinajstić information content (AvgIpc) is 2.43. The smallest absolute Gasteiger partial charge is 0.0793 e. The zero-order valence-corrected chi connectivity index (χ0v) is 14.6. The normalized spacial score (nSPS) is 26.1. The van der Waals surface area contributed by atoms with Crippen LogP contribution in [0, 0.1) is 5.92 Å². The topological polar surface area (TPSA) is 40.5 Å². The Balaban J connectivity index is 3.02. The van der Waals surface area contributed by atoms with E-state index in [4.69, 9.17) is 0 Å². The Morgan fingerprint density at radius 2 is 1.73 bits per heavy atom. The van der Waals surface area contributed by atoms with Gasteiger partial charge in [0.05, 0.1) is 12.2 Å². The monoisotopic (exact) mass is 304 g/mol. The van der Waals surface area contributed by atoms with Crippen LogP contribution in [0.25, 0.3) is 0 Å². The minimum atomic E-state index is -0.564.